The number of benzene rings is 2. The number of fused-ring (bicyclic) bond motifs is 1. The number of carbonyl (C=O) groups is 1. The summed E-state index contributed by atoms with van der Waals surface area (Å²) in [5.74, 6) is 1.26. The molecular weight excluding hydrogens is 418 g/mol. The van der Waals surface area contributed by atoms with Gasteiger partial charge in [0.1, 0.15) is 22.8 Å². The third-order valence-corrected chi connectivity index (χ3v) is 4.78. The van der Waals surface area contributed by atoms with Crippen molar-refractivity contribution in [2.45, 2.75) is 13.8 Å². The van der Waals surface area contributed by atoms with E-state index in [-0.39, 0.29) is 5.91 Å². The Morgan fingerprint density at radius 3 is 2.43 bits per heavy atom. The number of hydrogen-bond acceptors (Lipinski definition) is 3. The molecule has 2 aromatic carbocycles. The molecule has 1 amide bonds. The van der Waals surface area contributed by atoms with Gasteiger partial charge >= 0.3 is 0 Å². The Morgan fingerprint density at radius 1 is 1.04 bits per heavy atom. The minimum atomic E-state index is -0.209. The molecule has 0 spiro atoms. The van der Waals surface area contributed by atoms with E-state index in [4.69, 9.17) is 4.74 Å². The molecule has 140 valence electrons. The van der Waals surface area contributed by atoms with Crippen LogP contribution in [0.2, 0.25) is 0 Å². The summed E-state index contributed by atoms with van der Waals surface area (Å²) in [6, 6.07) is 18.8. The van der Waals surface area contributed by atoms with Crippen molar-refractivity contribution in [1.29, 1.82) is 0 Å². The molecule has 0 aliphatic rings. The number of para-hydroxylation sites is 1. The fourth-order valence-electron chi connectivity index (χ4n) is 3.08. The van der Waals surface area contributed by atoms with Crippen LogP contribution in [0.4, 0.5) is 5.69 Å². The number of carbonyl (C=O) groups excluding carboxylic acids is 1. The average molecular weight is 436 g/mol. The number of imidazole rings is 1. The van der Waals surface area contributed by atoms with Gasteiger partial charge in [0, 0.05) is 16.4 Å². The summed E-state index contributed by atoms with van der Waals surface area (Å²) in [5.41, 5.74) is 3.66. The second kappa shape index (κ2) is 7.48. The third kappa shape index (κ3) is 3.64. The van der Waals surface area contributed by atoms with Crippen LogP contribution in [0.5, 0.6) is 11.5 Å². The minimum absolute atomic E-state index is 0.209. The molecule has 0 bridgehead atoms. The molecule has 0 fully saturated rings. The Hall–Kier alpha value is -3.12. The molecule has 2 heterocycles. The monoisotopic (exact) mass is 435 g/mol. The molecule has 0 atom stereocenters. The van der Waals surface area contributed by atoms with E-state index in [9.17, 15) is 4.79 Å². The molecule has 0 aliphatic carbocycles. The van der Waals surface area contributed by atoms with E-state index in [1.165, 1.54) is 0 Å². The van der Waals surface area contributed by atoms with Crippen LogP contribution in [-0.2, 0) is 0 Å². The zero-order chi connectivity index (χ0) is 19.7. The molecule has 0 aliphatic heterocycles. The SMILES string of the molecule is Cc1nc2c(C)cc(Br)cn2c1C(=O)Nc1ccc(Oc2ccccc2)cc1. The van der Waals surface area contributed by atoms with Crippen LogP contribution in [0.25, 0.3) is 5.65 Å². The van der Waals surface area contributed by atoms with E-state index in [1.807, 2.05) is 85.1 Å². The molecule has 1 N–H and O–H groups in total. The highest BCUT2D eigenvalue weighted by Gasteiger charge is 2.18. The molecule has 4 rings (SSSR count). The van der Waals surface area contributed by atoms with E-state index in [0.717, 1.165) is 21.4 Å². The van der Waals surface area contributed by atoms with Gasteiger partial charge in [0.15, 0.2) is 0 Å². The first-order valence-electron chi connectivity index (χ1n) is 8.80. The number of ether oxygens (including phenoxy) is 1. The highest BCUT2D eigenvalue weighted by atomic mass is 79.9. The van der Waals surface area contributed by atoms with Gasteiger partial charge in [-0.3, -0.25) is 9.20 Å². The number of aryl methyl sites for hydroxylation is 2. The van der Waals surface area contributed by atoms with Crippen molar-refractivity contribution in [3.63, 3.8) is 0 Å². The van der Waals surface area contributed by atoms with Crippen molar-refractivity contribution in [2.24, 2.45) is 0 Å². The molecule has 2 aromatic heterocycles. The molecule has 0 unspecified atom stereocenters. The van der Waals surface area contributed by atoms with Crippen LogP contribution in [0.3, 0.4) is 0 Å². The second-order valence-corrected chi connectivity index (χ2v) is 7.39. The van der Waals surface area contributed by atoms with Gasteiger partial charge in [-0.05, 0) is 77.8 Å². The summed E-state index contributed by atoms with van der Waals surface area (Å²) in [6.45, 7) is 3.81. The fourth-order valence-corrected chi connectivity index (χ4v) is 3.62. The quantitative estimate of drug-likeness (QED) is 0.443. The number of pyridine rings is 1. The standard InChI is InChI=1S/C22H18BrN3O2/c1-14-12-16(23)13-26-20(15(2)24-21(14)26)22(27)25-17-8-10-19(11-9-17)28-18-6-4-3-5-7-18/h3-13H,1-2H3,(H,25,27). The lowest BCUT2D eigenvalue weighted by Gasteiger charge is -2.09. The lowest BCUT2D eigenvalue weighted by atomic mass is 10.2. The van der Waals surface area contributed by atoms with E-state index >= 15 is 0 Å². The number of nitrogens with one attached hydrogen (secondary N) is 1. The third-order valence-electron chi connectivity index (χ3n) is 4.35. The normalized spacial score (nSPS) is 10.8. The predicted octanol–water partition coefficient (Wildman–Crippen LogP) is 5.76. The summed E-state index contributed by atoms with van der Waals surface area (Å²) in [7, 11) is 0. The number of amides is 1. The number of nitrogens with zero attached hydrogens (tertiary/aromatic N) is 2. The maximum Gasteiger partial charge on any atom is 0.274 e. The van der Waals surface area contributed by atoms with Gasteiger partial charge in [0.25, 0.3) is 5.91 Å². The Morgan fingerprint density at radius 2 is 1.71 bits per heavy atom. The van der Waals surface area contributed by atoms with Gasteiger partial charge in [-0.1, -0.05) is 18.2 Å². The molecule has 0 saturated heterocycles. The number of anilines is 1. The summed E-state index contributed by atoms with van der Waals surface area (Å²) >= 11 is 3.48. The maximum atomic E-state index is 12.9. The highest BCUT2D eigenvalue weighted by Crippen LogP contribution is 2.24. The first kappa shape index (κ1) is 18.3. The van der Waals surface area contributed by atoms with Gasteiger partial charge in [-0.25, -0.2) is 4.98 Å². The van der Waals surface area contributed by atoms with Crippen molar-refractivity contribution in [1.82, 2.24) is 9.38 Å². The lowest BCUT2D eigenvalue weighted by Crippen LogP contribution is -2.15. The smallest absolute Gasteiger partial charge is 0.274 e. The first-order chi connectivity index (χ1) is 13.5. The molecule has 28 heavy (non-hydrogen) atoms. The number of rotatable bonds is 4. The Balaban J connectivity index is 1.56. The molecule has 5 nitrogen and oxygen atoms in total. The van der Waals surface area contributed by atoms with E-state index in [1.54, 1.807) is 0 Å². The van der Waals surface area contributed by atoms with Gasteiger partial charge in [-0.15, -0.1) is 0 Å². The van der Waals surface area contributed by atoms with Gasteiger partial charge in [0.05, 0.1) is 5.69 Å². The van der Waals surface area contributed by atoms with E-state index in [2.05, 4.69) is 26.2 Å². The van der Waals surface area contributed by atoms with E-state index < -0.39 is 0 Å². The second-order valence-electron chi connectivity index (χ2n) is 6.47. The van der Waals surface area contributed by atoms with Gasteiger partial charge < -0.3 is 10.1 Å². The van der Waals surface area contributed by atoms with E-state index in [0.29, 0.717) is 22.8 Å². The molecule has 4 aromatic rings. The highest BCUT2D eigenvalue weighted by molar-refractivity contribution is 9.10. The van der Waals surface area contributed by atoms with Crippen LogP contribution in [0, 0.1) is 13.8 Å². The average Bonchev–Trinajstić information content (AvgIpc) is 3.00. The number of hydrogen-bond donors (Lipinski definition) is 1. The van der Waals surface area contributed by atoms with Crippen molar-refractivity contribution in [2.75, 3.05) is 5.32 Å². The van der Waals surface area contributed by atoms with Crippen LogP contribution in [-0.4, -0.2) is 15.3 Å². The zero-order valence-electron chi connectivity index (χ0n) is 15.4. The minimum Gasteiger partial charge on any atom is -0.457 e. The Labute approximate surface area is 171 Å². The summed E-state index contributed by atoms with van der Waals surface area (Å²) in [4.78, 5) is 17.4. The van der Waals surface area contributed by atoms with Gasteiger partial charge in [0.2, 0.25) is 0 Å². The summed E-state index contributed by atoms with van der Waals surface area (Å²) < 4.78 is 8.49. The summed E-state index contributed by atoms with van der Waals surface area (Å²) in [5, 5.41) is 2.94. The Kier molecular flexibility index (Phi) is 4.88. The van der Waals surface area contributed by atoms with Crippen LogP contribution in [0.15, 0.2) is 71.3 Å². The van der Waals surface area contributed by atoms with Crippen molar-refractivity contribution < 1.29 is 9.53 Å². The predicted molar refractivity (Wildman–Crippen MR) is 113 cm³/mol. The number of halogens is 1. The maximum absolute atomic E-state index is 12.9. The first-order valence-corrected chi connectivity index (χ1v) is 9.60. The topological polar surface area (TPSA) is 55.6 Å². The van der Waals surface area contributed by atoms with Crippen molar-refractivity contribution in [3.8, 4) is 11.5 Å². The van der Waals surface area contributed by atoms with Crippen LogP contribution in [0.1, 0.15) is 21.7 Å². The Bertz CT molecular complexity index is 1150. The lowest BCUT2D eigenvalue weighted by molar-refractivity contribution is 0.102. The molecule has 6 heteroatoms. The van der Waals surface area contributed by atoms with Gasteiger partial charge in [-0.2, -0.15) is 0 Å². The van der Waals surface area contributed by atoms with Crippen LogP contribution >= 0.6 is 15.9 Å². The largest absolute Gasteiger partial charge is 0.457 e. The fraction of sp³-hybridized carbons (Fsp3) is 0.0909. The van der Waals surface area contributed by atoms with Crippen molar-refractivity contribution >= 4 is 33.2 Å². The van der Waals surface area contributed by atoms with Crippen molar-refractivity contribution in [3.05, 3.63) is 88.3 Å². The number of aromatic nitrogens is 2. The molecule has 0 saturated carbocycles. The zero-order valence-corrected chi connectivity index (χ0v) is 17.0. The van der Waals surface area contributed by atoms with Crippen LogP contribution < -0.4 is 10.1 Å². The molecule has 0 radical (unpaired) electrons. The summed E-state index contributed by atoms with van der Waals surface area (Å²) in [6.07, 6.45) is 1.86. The molecular formula is C22H18BrN3O2.